The number of benzene rings is 2. The second-order valence-corrected chi connectivity index (χ2v) is 6.41. The van der Waals surface area contributed by atoms with Crippen LogP contribution in [0.2, 0.25) is 20.1 Å². The average Bonchev–Trinajstić information content (AvgIpc) is 2.59. The second kappa shape index (κ2) is 11.0. The van der Waals surface area contributed by atoms with E-state index in [-0.39, 0.29) is 0 Å². The molecule has 0 unspecified atom stereocenters. The predicted octanol–water partition coefficient (Wildman–Crippen LogP) is 6.06. The standard InChI is InChI=1S/C9H7Cl2NO3.C8H6Cl2O2/c1-15-9-5-6(10)4-8(11)7(9)2-3-12(13)14;1-12-8-3-5(9)2-7(10)6(8)4-11/h2-5H,1H3;2-4H,1H3. The molecule has 10 heteroatoms. The maximum Gasteiger partial charge on any atom is 0.235 e. The fourth-order valence-corrected chi connectivity index (χ4v) is 2.93. The van der Waals surface area contributed by atoms with Crippen molar-refractivity contribution in [3.63, 3.8) is 0 Å². The summed E-state index contributed by atoms with van der Waals surface area (Å²) in [4.78, 5) is 20.1. The number of ether oxygens (including phenoxy) is 2. The first kappa shape index (κ1) is 23.0. The molecule has 0 heterocycles. The van der Waals surface area contributed by atoms with Gasteiger partial charge in [0.05, 0.1) is 34.8 Å². The van der Waals surface area contributed by atoms with Gasteiger partial charge in [0.25, 0.3) is 0 Å². The summed E-state index contributed by atoms with van der Waals surface area (Å²) in [5, 5.41) is 11.6. The van der Waals surface area contributed by atoms with Crippen molar-refractivity contribution in [1.82, 2.24) is 0 Å². The third-order valence-corrected chi connectivity index (χ3v) is 4.10. The zero-order chi connectivity index (χ0) is 20.6. The fourth-order valence-electron chi connectivity index (χ4n) is 1.87. The molecule has 27 heavy (non-hydrogen) atoms. The summed E-state index contributed by atoms with van der Waals surface area (Å²) in [6.45, 7) is 0. The molecule has 2 aromatic rings. The Kier molecular flexibility index (Phi) is 9.38. The molecule has 2 aromatic carbocycles. The van der Waals surface area contributed by atoms with Gasteiger partial charge in [-0.3, -0.25) is 14.9 Å². The smallest absolute Gasteiger partial charge is 0.235 e. The van der Waals surface area contributed by atoms with Crippen LogP contribution in [0.5, 0.6) is 11.5 Å². The van der Waals surface area contributed by atoms with Gasteiger partial charge in [0.15, 0.2) is 6.29 Å². The number of methoxy groups -OCH3 is 2. The normalized spacial score (nSPS) is 10.1. The van der Waals surface area contributed by atoms with Crippen LogP contribution in [0, 0.1) is 10.1 Å². The Morgan fingerprint density at radius 3 is 1.74 bits per heavy atom. The minimum absolute atomic E-state index is 0.300. The molecule has 0 aromatic heterocycles. The van der Waals surface area contributed by atoms with Crippen molar-refractivity contribution in [2.45, 2.75) is 0 Å². The van der Waals surface area contributed by atoms with Gasteiger partial charge in [-0.1, -0.05) is 46.4 Å². The summed E-state index contributed by atoms with van der Waals surface area (Å²) >= 11 is 23.0. The van der Waals surface area contributed by atoms with Gasteiger partial charge in [0, 0.05) is 21.7 Å². The van der Waals surface area contributed by atoms with E-state index in [1.54, 1.807) is 0 Å². The molecule has 0 radical (unpaired) electrons. The highest BCUT2D eigenvalue weighted by Gasteiger charge is 2.09. The summed E-state index contributed by atoms with van der Waals surface area (Å²) in [6, 6.07) is 6.06. The Morgan fingerprint density at radius 1 is 0.889 bits per heavy atom. The topological polar surface area (TPSA) is 78.7 Å². The van der Waals surface area contributed by atoms with Gasteiger partial charge in [-0.15, -0.1) is 0 Å². The maximum atomic E-state index is 10.5. The molecule has 0 bridgehead atoms. The zero-order valence-corrected chi connectivity index (χ0v) is 17.1. The van der Waals surface area contributed by atoms with E-state index in [9.17, 15) is 14.9 Å². The number of nitro groups is 1. The Labute approximate surface area is 175 Å². The lowest BCUT2D eigenvalue weighted by molar-refractivity contribution is -0.400. The highest BCUT2D eigenvalue weighted by Crippen LogP contribution is 2.32. The molecule has 0 atom stereocenters. The summed E-state index contributed by atoms with van der Waals surface area (Å²) in [5.41, 5.74) is 0.754. The highest BCUT2D eigenvalue weighted by atomic mass is 35.5. The lowest BCUT2D eigenvalue weighted by Crippen LogP contribution is -1.91. The molecule has 0 saturated heterocycles. The molecule has 0 amide bonds. The lowest BCUT2D eigenvalue weighted by atomic mass is 10.2. The summed E-state index contributed by atoms with van der Waals surface area (Å²) in [6.07, 6.45) is 2.69. The van der Waals surface area contributed by atoms with Crippen LogP contribution in [0.25, 0.3) is 6.08 Å². The number of carbonyl (C=O) groups excluding carboxylic acids is 1. The van der Waals surface area contributed by atoms with Crippen molar-refractivity contribution in [2.75, 3.05) is 14.2 Å². The third-order valence-electron chi connectivity index (χ3n) is 3.03. The molecular weight excluding hydrogens is 440 g/mol. The van der Waals surface area contributed by atoms with E-state index >= 15 is 0 Å². The van der Waals surface area contributed by atoms with Crippen molar-refractivity contribution in [2.24, 2.45) is 0 Å². The summed E-state index contributed by atoms with van der Waals surface area (Å²) in [5.74, 6) is 0.785. The van der Waals surface area contributed by atoms with Gasteiger partial charge in [-0.2, -0.15) is 0 Å². The van der Waals surface area contributed by atoms with Gasteiger partial charge in [0.2, 0.25) is 6.20 Å². The van der Waals surface area contributed by atoms with Crippen molar-refractivity contribution >= 4 is 58.8 Å². The second-order valence-electron chi connectivity index (χ2n) is 4.73. The Hall–Kier alpha value is -1.99. The van der Waals surface area contributed by atoms with Gasteiger partial charge in [-0.05, 0) is 24.3 Å². The molecule has 0 spiro atoms. The maximum absolute atomic E-state index is 10.5. The van der Waals surface area contributed by atoms with Crippen LogP contribution in [0.3, 0.4) is 0 Å². The van der Waals surface area contributed by atoms with Crippen molar-refractivity contribution in [3.8, 4) is 11.5 Å². The van der Waals surface area contributed by atoms with Crippen LogP contribution >= 0.6 is 46.4 Å². The number of rotatable bonds is 5. The molecule has 0 N–H and O–H groups in total. The number of halogens is 4. The Morgan fingerprint density at radius 2 is 1.33 bits per heavy atom. The minimum atomic E-state index is -0.579. The Bertz CT molecular complexity index is 871. The summed E-state index contributed by atoms with van der Waals surface area (Å²) < 4.78 is 9.89. The molecule has 144 valence electrons. The molecule has 0 aliphatic heterocycles. The van der Waals surface area contributed by atoms with E-state index in [4.69, 9.17) is 55.9 Å². The SMILES string of the molecule is COc1cc(Cl)cc(Cl)c1C=C[N+](=O)[O-].COc1cc(Cl)cc(Cl)c1C=O. The van der Waals surface area contributed by atoms with Crippen LogP contribution in [-0.2, 0) is 0 Å². The lowest BCUT2D eigenvalue weighted by Gasteiger charge is -2.06. The highest BCUT2D eigenvalue weighted by molar-refractivity contribution is 6.36. The van der Waals surface area contributed by atoms with E-state index < -0.39 is 4.92 Å². The number of hydrogen-bond acceptors (Lipinski definition) is 5. The third kappa shape index (κ3) is 6.92. The van der Waals surface area contributed by atoms with E-state index in [0.29, 0.717) is 49.0 Å². The van der Waals surface area contributed by atoms with Gasteiger partial charge in [-0.25, -0.2) is 0 Å². The number of carbonyl (C=O) groups is 1. The molecule has 0 fully saturated rings. The number of nitrogens with zero attached hydrogens (tertiary/aromatic N) is 1. The van der Waals surface area contributed by atoms with Crippen molar-refractivity contribution < 1.29 is 19.2 Å². The van der Waals surface area contributed by atoms with Crippen LogP contribution in [0.4, 0.5) is 0 Å². The van der Waals surface area contributed by atoms with E-state index in [2.05, 4.69) is 0 Å². The molecule has 0 saturated carbocycles. The Balaban J connectivity index is 0.000000277. The quantitative estimate of drug-likeness (QED) is 0.312. The van der Waals surface area contributed by atoms with Crippen LogP contribution in [-0.4, -0.2) is 25.4 Å². The van der Waals surface area contributed by atoms with E-state index in [1.165, 1.54) is 44.6 Å². The molecule has 2 rings (SSSR count). The van der Waals surface area contributed by atoms with E-state index in [1.807, 2.05) is 0 Å². The van der Waals surface area contributed by atoms with E-state index in [0.717, 1.165) is 6.20 Å². The molecule has 0 aliphatic carbocycles. The van der Waals surface area contributed by atoms with Crippen molar-refractivity contribution in [1.29, 1.82) is 0 Å². The van der Waals surface area contributed by atoms with Gasteiger partial charge < -0.3 is 9.47 Å². The van der Waals surface area contributed by atoms with Crippen molar-refractivity contribution in [3.05, 3.63) is 71.8 Å². The van der Waals surface area contributed by atoms with Crippen LogP contribution in [0.1, 0.15) is 15.9 Å². The van der Waals surface area contributed by atoms with Gasteiger partial charge >= 0.3 is 0 Å². The first-order valence-electron chi connectivity index (χ1n) is 7.06. The first-order chi connectivity index (χ1) is 12.7. The minimum Gasteiger partial charge on any atom is -0.496 e. The number of aldehydes is 1. The van der Waals surface area contributed by atoms with Gasteiger partial charge in [0.1, 0.15) is 11.5 Å². The van der Waals surface area contributed by atoms with Crippen LogP contribution < -0.4 is 9.47 Å². The fraction of sp³-hybridized carbons (Fsp3) is 0.118. The molecular formula is C17H13Cl4NO5. The number of hydrogen-bond donors (Lipinski definition) is 0. The monoisotopic (exact) mass is 451 g/mol. The largest absolute Gasteiger partial charge is 0.496 e. The van der Waals surface area contributed by atoms with Crippen LogP contribution in [0.15, 0.2) is 30.5 Å². The zero-order valence-electron chi connectivity index (χ0n) is 14.0. The first-order valence-corrected chi connectivity index (χ1v) is 8.57. The predicted molar refractivity (Wildman–Crippen MR) is 107 cm³/mol. The molecule has 6 nitrogen and oxygen atoms in total. The summed E-state index contributed by atoms with van der Waals surface area (Å²) in [7, 11) is 2.89. The average molecular weight is 453 g/mol. The molecule has 0 aliphatic rings.